The number of anilines is 3. The Morgan fingerprint density at radius 2 is 1.72 bits per heavy atom. The predicted octanol–water partition coefficient (Wildman–Crippen LogP) is 6.16. The van der Waals surface area contributed by atoms with E-state index in [-0.39, 0.29) is 18.0 Å². The van der Waals surface area contributed by atoms with Crippen molar-refractivity contribution in [3.05, 3.63) is 101 Å². The molecule has 9 heteroatoms. The molecule has 2 fully saturated rings. The molecular weight excluding hydrogens is 556 g/mol. The van der Waals surface area contributed by atoms with E-state index in [2.05, 4.69) is 81.3 Å². The maximum atomic E-state index is 12.1. The zero-order valence-electron chi connectivity index (χ0n) is 25.1. The SMILES string of the molecule is CCC(=O)Nc1ccc(N2C(=S)N[C@H](c3ccccn3)[C@@H]2c2cc(C)n(-c3ccc(N4CCOCC4)cc3)c2C)cc1C. The third kappa shape index (κ3) is 5.62. The van der Waals surface area contributed by atoms with Gasteiger partial charge in [-0.2, -0.15) is 0 Å². The van der Waals surface area contributed by atoms with Crippen molar-refractivity contribution in [3.8, 4) is 5.69 Å². The first-order chi connectivity index (χ1) is 20.9. The molecule has 0 aliphatic carbocycles. The van der Waals surface area contributed by atoms with Gasteiger partial charge in [-0.05, 0) is 105 Å². The molecule has 0 unspecified atom stereocenters. The third-order valence-electron chi connectivity index (χ3n) is 8.45. The molecule has 4 aromatic rings. The lowest BCUT2D eigenvalue weighted by Crippen LogP contribution is -2.36. The fourth-order valence-corrected chi connectivity index (χ4v) is 6.59. The molecule has 222 valence electrons. The van der Waals surface area contributed by atoms with Gasteiger partial charge in [0.2, 0.25) is 5.91 Å². The van der Waals surface area contributed by atoms with E-state index in [1.165, 1.54) is 11.3 Å². The molecule has 8 nitrogen and oxygen atoms in total. The summed E-state index contributed by atoms with van der Waals surface area (Å²) in [5.41, 5.74) is 9.51. The summed E-state index contributed by atoms with van der Waals surface area (Å²) in [5, 5.41) is 7.23. The number of morpholine rings is 1. The molecule has 0 saturated carbocycles. The van der Waals surface area contributed by atoms with Gasteiger partial charge >= 0.3 is 0 Å². The van der Waals surface area contributed by atoms with Crippen LogP contribution >= 0.6 is 12.2 Å². The number of thiocarbonyl (C=S) groups is 1. The van der Waals surface area contributed by atoms with E-state index in [0.717, 1.165) is 66.0 Å². The lowest BCUT2D eigenvalue weighted by atomic mass is 9.96. The van der Waals surface area contributed by atoms with Crippen LogP contribution in [0.2, 0.25) is 0 Å². The lowest BCUT2D eigenvalue weighted by Gasteiger charge is -2.29. The van der Waals surface area contributed by atoms with Gasteiger partial charge in [0.25, 0.3) is 0 Å². The Labute approximate surface area is 258 Å². The predicted molar refractivity (Wildman–Crippen MR) is 176 cm³/mol. The Morgan fingerprint density at radius 3 is 2.40 bits per heavy atom. The van der Waals surface area contributed by atoms with Crippen LogP contribution in [0.25, 0.3) is 5.69 Å². The number of pyridine rings is 1. The Balaban J connectivity index is 1.40. The average molecular weight is 595 g/mol. The molecular formula is C34H38N6O2S. The highest BCUT2D eigenvalue weighted by Gasteiger charge is 2.42. The van der Waals surface area contributed by atoms with Gasteiger partial charge in [-0.1, -0.05) is 13.0 Å². The third-order valence-corrected chi connectivity index (χ3v) is 8.77. The van der Waals surface area contributed by atoms with Crippen LogP contribution in [0.15, 0.2) is 72.9 Å². The number of hydrogen-bond donors (Lipinski definition) is 2. The van der Waals surface area contributed by atoms with Crippen LogP contribution in [-0.4, -0.2) is 46.9 Å². The van der Waals surface area contributed by atoms with Crippen LogP contribution in [0, 0.1) is 20.8 Å². The Bertz CT molecular complexity index is 1630. The van der Waals surface area contributed by atoms with Crippen molar-refractivity contribution in [2.75, 3.05) is 41.4 Å². The van der Waals surface area contributed by atoms with E-state index >= 15 is 0 Å². The maximum Gasteiger partial charge on any atom is 0.224 e. The van der Waals surface area contributed by atoms with Crippen LogP contribution in [0.5, 0.6) is 0 Å². The highest BCUT2D eigenvalue weighted by atomic mass is 32.1. The molecule has 6 rings (SSSR count). The summed E-state index contributed by atoms with van der Waals surface area (Å²) in [6.07, 6.45) is 2.26. The monoisotopic (exact) mass is 594 g/mol. The molecule has 1 amide bonds. The summed E-state index contributed by atoms with van der Waals surface area (Å²) in [6, 6.07) is 22.9. The normalized spacial score (nSPS) is 18.6. The van der Waals surface area contributed by atoms with Crippen molar-refractivity contribution in [1.29, 1.82) is 0 Å². The van der Waals surface area contributed by atoms with Gasteiger partial charge in [0.1, 0.15) is 0 Å². The minimum absolute atomic E-state index is 0.00674. The van der Waals surface area contributed by atoms with Crippen LogP contribution in [0.3, 0.4) is 0 Å². The molecule has 2 aliphatic heterocycles. The number of hydrogen-bond acceptors (Lipinski definition) is 5. The molecule has 2 aromatic carbocycles. The average Bonchev–Trinajstić information content (AvgIpc) is 3.53. The van der Waals surface area contributed by atoms with Gasteiger partial charge in [0.05, 0.1) is 31.0 Å². The van der Waals surface area contributed by atoms with Crippen molar-refractivity contribution < 1.29 is 9.53 Å². The topological polar surface area (TPSA) is 74.7 Å². The van der Waals surface area contributed by atoms with E-state index in [0.29, 0.717) is 11.5 Å². The molecule has 2 N–H and O–H groups in total. The summed E-state index contributed by atoms with van der Waals surface area (Å²) in [6.45, 7) is 11.6. The second-order valence-electron chi connectivity index (χ2n) is 11.2. The van der Waals surface area contributed by atoms with Gasteiger partial charge in [-0.3, -0.25) is 9.78 Å². The quantitative estimate of drug-likeness (QED) is 0.248. The molecule has 2 saturated heterocycles. The van der Waals surface area contributed by atoms with Crippen molar-refractivity contribution in [2.24, 2.45) is 0 Å². The largest absolute Gasteiger partial charge is 0.378 e. The van der Waals surface area contributed by atoms with Crippen molar-refractivity contribution in [2.45, 2.75) is 46.2 Å². The summed E-state index contributed by atoms with van der Waals surface area (Å²) in [5.74, 6) is -0.00674. The van der Waals surface area contributed by atoms with E-state index in [4.69, 9.17) is 21.9 Å². The van der Waals surface area contributed by atoms with Gasteiger partial charge in [-0.25, -0.2) is 0 Å². The summed E-state index contributed by atoms with van der Waals surface area (Å²) in [7, 11) is 0. The molecule has 43 heavy (non-hydrogen) atoms. The molecule has 2 atom stereocenters. The van der Waals surface area contributed by atoms with E-state index in [9.17, 15) is 4.79 Å². The van der Waals surface area contributed by atoms with E-state index in [1.54, 1.807) is 0 Å². The number of benzene rings is 2. The van der Waals surface area contributed by atoms with Gasteiger partial charge < -0.3 is 29.7 Å². The fraction of sp³-hybridized carbons (Fsp3) is 0.324. The van der Waals surface area contributed by atoms with Crippen molar-refractivity contribution in [1.82, 2.24) is 14.9 Å². The minimum atomic E-state index is -0.147. The molecule has 0 bridgehead atoms. The summed E-state index contributed by atoms with van der Waals surface area (Å²) < 4.78 is 7.85. The highest BCUT2D eigenvalue weighted by Crippen LogP contribution is 2.44. The number of nitrogens with one attached hydrogen (secondary N) is 2. The molecule has 2 aromatic heterocycles. The standard InChI is InChI=1S/C34H38N6O2S/c1-5-31(41)36-29-14-13-27(20-22(29)2)40-33(32(37-34(40)43)30-8-6-7-15-35-30)28-21-23(3)39(24(28)4)26-11-9-25(10-12-26)38-16-18-42-19-17-38/h6-15,20-21,32-33H,5,16-19H2,1-4H3,(H,36,41)(H,37,43)/t32-,33+/m1/s1. The fourth-order valence-electron chi connectivity index (χ4n) is 6.24. The number of amides is 1. The van der Waals surface area contributed by atoms with Crippen LogP contribution in [0.4, 0.5) is 17.1 Å². The Kier molecular flexibility index (Phi) is 8.19. The number of aromatic nitrogens is 2. The number of nitrogens with zero attached hydrogens (tertiary/aromatic N) is 4. The van der Waals surface area contributed by atoms with Crippen LogP contribution in [-0.2, 0) is 9.53 Å². The number of aryl methyl sites for hydroxylation is 2. The molecule has 2 aliphatic rings. The van der Waals surface area contributed by atoms with E-state index in [1.807, 2.05) is 44.3 Å². The first-order valence-electron chi connectivity index (χ1n) is 14.9. The number of carbonyl (C=O) groups is 1. The first-order valence-corrected chi connectivity index (χ1v) is 15.3. The van der Waals surface area contributed by atoms with Crippen molar-refractivity contribution >= 4 is 40.3 Å². The van der Waals surface area contributed by atoms with Gasteiger partial charge in [-0.15, -0.1) is 0 Å². The molecule has 0 radical (unpaired) electrons. The second kappa shape index (κ2) is 12.2. The summed E-state index contributed by atoms with van der Waals surface area (Å²) >= 11 is 5.99. The van der Waals surface area contributed by atoms with Crippen LogP contribution in [0.1, 0.15) is 53.6 Å². The molecule has 4 heterocycles. The highest BCUT2D eigenvalue weighted by molar-refractivity contribution is 7.80. The number of rotatable bonds is 7. The number of carbonyl (C=O) groups excluding carboxylic acids is 1. The molecule has 0 spiro atoms. The van der Waals surface area contributed by atoms with E-state index < -0.39 is 0 Å². The zero-order valence-corrected chi connectivity index (χ0v) is 25.9. The Hall–Kier alpha value is -4.21. The Morgan fingerprint density at radius 1 is 1.00 bits per heavy atom. The zero-order chi connectivity index (χ0) is 30.1. The number of ether oxygens (including phenoxy) is 1. The van der Waals surface area contributed by atoms with Crippen molar-refractivity contribution in [3.63, 3.8) is 0 Å². The van der Waals surface area contributed by atoms with Gasteiger partial charge in [0, 0.05) is 59.8 Å². The van der Waals surface area contributed by atoms with Gasteiger partial charge in [0.15, 0.2) is 5.11 Å². The van der Waals surface area contributed by atoms with Crippen LogP contribution < -0.4 is 20.4 Å². The smallest absolute Gasteiger partial charge is 0.224 e. The second-order valence-corrected chi connectivity index (χ2v) is 11.6. The first kappa shape index (κ1) is 28.9. The maximum absolute atomic E-state index is 12.1. The lowest BCUT2D eigenvalue weighted by molar-refractivity contribution is -0.115. The minimum Gasteiger partial charge on any atom is -0.378 e. The summed E-state index contributed by atoms with van der Waals surface area (Å²) in [4.78, 5) is 21.4.